The summed E-state index contributed by atoms with van der Waals surface area (Å²) in [7, 11) is -2.22. The maximum Gasteiger partial charge on any atom is 0.239 e. The number of hydrogen-bond acceptors (Lipinski definition) is 4. The number of anilines is 1. The first-order valence-corrected chi connectivity index (χ1v) is 9.29. The van der Waals surface area contributed by atoms with Gasteiger partial charge in [0.1, 0.15) is 11.5 Å². The van der Waals surface area contributed by atoms with Gasteiger partial charge in [-0.15, -0.1) is 0 Å². The van der Waals surface area contributed by atoms with Crippen LogP contribution in [0.2, 0.25) is 0 Å². The minimum atomic E-state index is -3.73. The van der Waals surface area contributed by atoms with Gasteiger partial charge >= 0.3 is 0 Å². The average molecular weight is 355 g/mol. The van der Waals surface area contributed by atoms with E-state index in [-0.39, 0.29) is 4.90 Å². The summed E-state index contributed by atoms with van der Waals surface area (Å²) in [6.45, 7) is 0. The predicted octanol–water partition coefficient (Wildman–Crippen LogP) is 3.26. The molecule has 3 aromatic rings. The lowest BCUT2D eigenvalue weighted by atomic mass is 10.1. The lowest BCUT2D eigenvalue weighted by molar-refractivity contribution is -0.113. The molecule has 0 radical (unpaired) electrons. The second kappa shape index (κ2) is 6.94. The van der Waals surface area contributed by atoms with Crippen molar-refractivity contribution in [3.8, 4) is 5.75 Å². The fourth-order valence-electron chi connectivity index (χ4n) is 2.56. The first-order valence-electron chi connectivity index (χ1n) is 7.64. The Labute approximate surface area is 146 Å². The van der Waals surface area contributed by atoms with Crippen molar-refractivity contribution in [1.82, 2.24) is 0 Å². The number of nitrogens with one attached hydrogen (secondary N) is 1. The van der Waals surface area contributed by atoms with Crippen LogP contribution in [0, 0.1) is 0 Å². The molecule has 1 amide bonds. The maximum atomic E-state index is 12.4. The van der Waals surface area contributed by atoms with Crippen LogP contribution in [0.1, 0.15) is 0 Å². The maximum absolute atomic E-state index is 12.4. The Bertz CT molecular complexity index is 1010. The third-order valence-corrected chi connectivity index (χ3v) is 5.44. The van der Waals surface area contributed by atoms with Crippen LogP contribution in [0.4, 0.5) is 5.69 Å². The molecule has 0 aromatic heterocycles. The zero-order valence-corrected chi connectivity index (χ0v) is 14.4. The first-order chi connectivity index (χ1) is 12.0. The Morgan fingerprint density at radius 3 is 2.36 bits per heavy atom. The molecular formula is C19H17NO4S. The smallest absolute Gasteiger partial charge is 0.239 e. The van der Waals surface area contributed by atoms with E-state index in [0.717, 1.165) is 10.8 Å². The molecule has 0 atom stereocenters. The number of hydrogen-bond donors (Lipinski definition) is 1. The van der Waals surface area contributed by atoms with Gasteiger partial charge in [0.15, 0.2) is 9.84 Å². The minimum Gasteiger partial charge on any atom is -0.497 e. The highest BCUT2D eigenvalue weighted by molar-refractivity contribution is 7.92. The first kappa shape index (κ1) is 17.0. The molecule has 1 N–H and O–H groups in total. The van der Waals surface area contributed by atoms with Crippen LogP contribution >= 0.6 is 0 Å². The number of ether oxygens (including phenoxy) is 1. The molecule has 128 valence electrons. The molecule has 0 saturated carbocycles. The molecule has 0 heterocycles. The van der Waals surface area contributed by atoms with E-state index < -0.39 is 21.5 Å². The van der Waals surface area contributed by atoms with Gasteiger partial charge in [-0.2, -0.15) is 0 Å². The zero-order chi connectivity index (χ0) is 17.9. The molecule has 25 heavy (non-hydrogen) atoms. The quantitative estimate of drug-likeness (QED) is 0.762. The summed E-state index contributed by atoms with van der Waals surface area (Å²) < 4.78 is 29.8. The summed E-state index contributed by atoms with van der Waals surface area (Å²) in [6, 6.07) is 19.0. The SMILES string of the molecule is COc1ccc(S(=O)(=O)CC(=O)Nc2cccc3ccccc23)cc1. The molecule has 5 nitrogen and oxygen atoms in total. The summed E-state index contributed by atoms with van der Waals surface area (Å²) in [6.07, 6.45) is 0. The van der Waals surface area contributed by atoms with Crippen molar-refractivity contribution in [3.05, 3.63) is 66.7 Å². The van der Waals surface area contributed by atoms with E-state index in [9.17, 15) is 13.2 Å². The predicted molar refractivity (Wildman–Crippen MR) is 97.6 cm³/mol. The summed E-state index contributed by atoms with van der Waals surface area (Å²) in [5.74, 6) is -0.644. The van der Waals surface area contributed by atoms with Crippen LogP contribution < -0.4 is 10.1 Å². The van der Waals surface area contributed by atoms with Crippen LogP contribution in [-0.4, -0.2) is 27.2 Å². The Morgan fingerprint density at radius 2 is 1.64 bits per heavy atom. The number of carbonyl (C=O) groups excluding carboxylic acids is 1. The third kappa shape index (κ3) is 3.80. The van der Waals surface area contributed by atoms with Crippen molar-refractivity contribution in [2.24, 2.45) is 0 Å². The fraction of sp³-hybridized carbons (Fsp3) is 0.105. The Kier molecular flexibility index (Phi) is 4.72. The highest BCUT2D eigenvalue weighted by Gasteiger charge is 2.20. The van der Waals surface area contributed by atoms with Crippen LogP contribution in [0.25, 0.3) is 10.8 Å². The van der Waals surface area contributed by atoms with Gasteiger partial charge in [0.25, 0.3) is 0 Å². The van der Waals surface area contributed by atoms with Crippen molar-refractivity contribution in [2.45, 2.75) is 4.90 Å². The molecular weight excluding hydrogens is 338 g/mol. The van der Waals surface area contributed by atoms with Gasteiger partial charge < -0.3 is 10.1 Å². The van der Waals surface area contributed by atoms with Crippen LogP contribution in [-0.2, 0) is 14.6 Å². The molecule has 0 fully saturated rings. The minimum absolute atomic E-state index is 0.0846. The van der Waals surface area contributed by atoms with Crippen LogP contribution in [0.5, 0.6) is 5.75 Å². The van der Waals surface area contributed by atoms with Gasteiger partial charge in [-0.05, 0) is 35.7 Å². The monoisotopic (exact) mass is 355 g/mol. The Morgan fingerprint density at radius 1 is 0.960 bits per heavy atom. The fourth-order valence-corrected chi connectivity index (χ4v) is 3.69. The molecule has 0 unspecified atom stereocenters. The molecule has 0 aliphatic rings. The third-order valence-electron chi connectivity index (χ3n) is 3.80. The van der Waals surface area contributed by atoms with E-state index in [1.165, 1.54) is 19.2 Å². The normalized spacial score (nSPS) is 11.2. The Hall–Kier alpha value is -2.86. The van der Waals surface area contributed by atoms with Crippen molar-refractivity contribution in [1.29, 1.82) is 0 Å². The molecule has 0 bridgehead atoms. The van der Waals surface area contributed by atoms with E-state index in [4.69, 9.17) is 4.74 Å². The second-order valence-corrected chi connectivity index (χ2v) is 7.50. The molecule has 0 aliphatic carbocycles. The van der Waals surface area contributed by atoms with Crippen molar-refractivity contribution in [2.75, 3.05) is 18.2 Å². The molecule has 3 aromatic carbocycles. The molecule has 3 rings (SSSR count). The number of carbonyl (C=O) groups is 1. The highest BCUT2D eigenvalue weighted by atomic mass is 32.2. The van der Waals surface area contributed by atoms with E-state index in [2.05, 4.69) is 5.32 Å². The molecule has 6 heteroatoms. The molecule has 0 saturated heterocycles. The van der Waals surface area contributed by atoms with Crippen molar-refractivity contribution in [3.63, 3.8) is 0 Å². The van der Waals surface area contributed by atoms with Gasteiger partial charge in [-0.3, -0.25) is 4.79 Å². The van der Waals surface area contributed by atoms with Crippen LogP contribution in [0.3, 0.4) is 0 Å². The lowest BCUT2D eigenvalue weighted by Gasteiger charge is -2.09. The van der Waals surface area contributed by atoms with Gasteiger partial charge in [0.05, 0.1) is 12.0 Å². The van der Waals surface area contributed by atoms with E-state index in [1.54, 1.807) is 18.2 Å². The number of fused-ring (bicyclic) bond motifs is 1. The second-order valence-electron chi connectivity index (χ2n) is 5.51. The number of methoxy groups -OCH3 is 1. The Balaban J connectivity index is 1.79. The molecule has 0 spiro atoms. The molecule has 0 aliphatic heterocycles. The lowest BCUT2D eigenvalue weighted by Crippen LogP contribution is -2.23. The number of sulfone groups is 1. The van der Waals surface area contributed by atoms with Crippen molar-refractivity contribution < 1.29 is 17.9 Å². The largest absolute Gasteiger partial charge is 0.497 e. The summed E-state index contributed by atoms with van der Waals surface area (Å²) in [5, 5.41) is 4.52. The number of rotatable bonds is 5. The summed E-state index contributed by atoms with van der Waals surface area (Å²) in [4.78, 5) is 12.3. The van der Waals surface area contributed by atoms with Gasteiger partial charge in [-0.25, -0.2) is 8.42 Å². The summed E-state index contributed by atoms with van der Waals surface area (Å²) in [5.41, 5.74) is 0.591. The van der Waals surface area contributed by atoms with Gasteiger partial charge in [0.2, 0.25) is 5.91 Å². The van der Waals surface area contributed by atoms with E-state index in [1.807, 2.05) is 36.4 Å². The van der Waals surface area contributed by atoms with E-state index in [0.29, 0.717) is 11.4 Å². The average Bonchev–Trinajstić information content (AvgIpc) is 2.61. The van der Waals surface area contributed by atoms with Crippen molar-refractivity contribution >= 4 is 32.2 Å². The van der Waals surface area contributed by atoms with E-state index >= 15 is 0 Å². The summed E-state index contributed by atoms with van der Waals surface area (Å²) >= 11 is 0. The van der Waals surface area contributed by atoms with Crippen LogP contribution in [0.15, 0.2) is 71.6 Å². The van der Waals surface area contributed by atoms with Gasteiger partial charge in [-0.1, -0.05) is 36.4 Å². The number of amides is 1. The topological polar surface area (TPSA) is 72.5 Å². The number of benzene rings is 3. The van der Waals surface area contributed by atoms with Gasteiger partial charge in [0, 0.05) is 11.1 Å². The highest BCUT2D eigenvalue weighted by Crippen LogP contribution is 2.23. The zero-order valence-electron chi connectivity index (χ0n) is 13.6. The standard InChI is InChI=1S/C19H17NO4S/c1-24-15-9-11-16(12-10-15)25(22,23)13-19(21)20-18-8-4-6-14-5-2-3-7-17(14)18/h2-12H,13H2,1H3,(H,20,21).